The summed E-state index contributed by atoms with van der Waals surface area (Å²) in [6.07, 6.45) is 2.62. The van der Waals surface area contributed by atoms with Crippen molar-refractivity contribution in [3.8, 4) is 11.3 Å². The van der Waals surface area contributed by atoms with Crippen molar-refractivity contribution in [1.29, 1.82) is 0 Å². The first kappa shape index (κ1) is 12.4. The van der Waals surface area contributed by atoms with E-state index in [4.69, 9.17) is 4.98 Å². The average molecular weight is 255 g/mol. The third-order valence-corrected chi connectivity index (χ3v) is 3.71. The molecule has 0 spiro atoms. The summed E-state index contributed by atoms with van der Waals surface area (Å²) in [5.41, 5.74) is 6.06. The number of hydrogen-bond donors (Lipinski definition) is 2. The quantitative estimate of drug-likeness (QED) is 0.880. The first-order chi connectivity index (χ1) is 9.13. The van der Waals surface area contributed by atoms with Crippen LogP contribution in [-0.2, 0) is 6.54 Å². The number of benzene rings is 1. The van der Waals surface area contributed by atoms with Gasteiger partial charge in [0.25, 0.3) is 0 Å². The normalized spacial score (nSPS) is 14.9. The molecule has 0 amide bonds. The van der Waals surface area contributed by atoms with Gasteiger partial charge >= 0.3 is 0 Å². The Balaban J connectivity index is 1.86. The van der Waals surface area contributed by atoms with Crippen LogP contribution in [-0.4, -0.2) is 16.0 Å². The zero-order valence-electron chi connectivity index (χ0n) is 11.9. The number of aromatic nitrogens is 2. The third-order valence-electron chi connectivity index (χ3n) is 3.71. The van der Waals surface area contributed by atoms with Gasteiger partial charge in [-0.2, -0.15) is 0 Å². The Morgan fingerprint density at radius 3 is 2.74 bits per heavy atom. The molecule has 3 nitrogen and oxygen atoms in total. The van der Waals surface area contributed by atoms with Crippen molar-refractivity contribution >= 4 is 0 Å². The van der Waals surface area contributed by atoms with Crippen LogP contribution < -0.4 is 5.32 Å². The summed E-state index contributed by atoms with van der Waals surface area (Å²) in [6.45, 7) is 7.22. The Kier molecular flexibility index (Phi) is 3.15. The Bertz CT molecular complexity index is 594. The molecular weight excluding hydrogens is 234 g/mol. The van der Waals surface area contributed by atoms with Crippen molar-refractivity contribution in [2.45, 2.75) is 46.2 Å². The van der Waals surface area contributed by atoms with E-state index in [9.17, 15) is 0 Å². The Labute approximate surface area is 114 Å². The number of aryl methyl sites for hydroxylation is 3. The molecule has 0 unspecified atom stereocenters. The lowest BCUT2D eigenvalue weighted by molar-refractivity contribution is 0.663. The van der Waals surface area contributed by atoms with Gasteiger partial charge in [-0.25, -0.2) is 4.98 Å². The number of hydrogen-bond acceptors (Lipinski definition) is 2. The second-order valence-corrected chi connectivity index (χ2v) is 5.63. The van der Waals surface area contributed by atoms with Crippen molar-refractivity contribution < 1.29 is 0 Å². The number of nitrogens with one attached hydrogen (secondary N) is 2. The van der Waals surface area contributed by atoms with Crippen LogP contribution in [0.1, 0.15) is 35.5 Å². The van der Waals surface area contributed by atoms with Crippen molar-refractivity contribution in [3.63, 3.8) is 0 Å². The summed E-state index contributed by atoms with van der Waals surface area (Å²) in [6, 6.07) is 7.26. The molecule has 1 saturated carbocycles. The molecule has 3 rings (SSSR count). The van der Waals surface area contributed by atoms with Gasteiger partial charge in [0, 0.05) is 17.3 Å². The maximum Gasteiger partial charge on any atom is 0.121 e. The predicted octanol–water partition coefficient (Wildman–Crippen LogP) is 3.25. The van der Waals surface area contributed by atoms with Crippen LogP contribution in [0, 0.1) is 20.8 Å². The highest BCUT2D eigenvalue weighted by atomic mass is 15.0. The zero-order valence-corrected chi connectivity index (χ0v) is 11.9. The molecule has 0 radical (unpaired) electrons. The first-order valence-corrected chi connectivity index (χ1v) is 7.00. The summed E-state index contributed by atoms with van der Waals surface area (Å²) in [5, 5.41) is 3.49. The molecule has 1 heterocycles. The van der Waals surface area contributed by atoms with Crippen LogP contribution in [0.4, 0.5) is 0 Å². The maximum absolute atomic E-state index is 4.75. The van der Waals surface area contributed by atoms with E-state index in [0.717, 1.165) is 29.8 Å². The summed E-state index contributed by atoms with van der Waals surface area (Å²) >= 11 is 0. The summed E-state index contributed by atoms with van der Waals surface area (Å²) in [4.78, 5) is 8.15. The molecule has 1 aromatic heterocycles. The minimum Gasteiger partial charge on any atom is -0.344 e. The Morgan fingerprint density at radius 2 is 2.05 bits per heavy atom. The smallest absolute Gasteiger partial charge is 0.121 e. The highest BCUT2D eigenvalue weighted by Gasteiger charge is 2.21. The average Bonchev–Trinajstić information content (AvgIpc) is 3.11. The summed E-state index contributed by atoms with van der Waals surface area (Å²) in [5.74, 6) is 1.04. The van der Waals surface area contributed by atoms with Crippen molar-refractivity contribution in [3.05, 3.63) is 40.8 Å². The standard InChI is InChI=1S/C16H21N3/c1-10-4-7-14(11(2)8-10)16-12(3)18-15(19-16)9-17-13-5-6-13/h4,7-8,13,17H,5-6,9H2,1-3H3,(H,18,19). The van der Waals surface area contributed by atoms with Crippen LogP contribution in [0.2, 0.25) is 0 Å². The van der Waals surface area contributed by atoms with Gasteiger partial charge in [0.2, 0.25) is 0 Å². The molecule has 3 heteroatoms. The van der Waals surface area contributed by atoms with Gasteiger partial charge in [0.15, 0.2) is 0 Å². The molecular formula is C16H21N3. The van der Waals surface area contributed by atoms with E-state index < -0.39 is 0 Å². The monoisotopic (exact) mass is 255 g/mol. The van der Waals surface area contributed by atoms with E-state index in [1.807, 2.05) is 0 Å². The van der Waals surface area contributed by atoms with Crippen molar-refractivity contribution in [2.24, 2.45) is 0 Å². The van der Waals surface area contributed by atoms with E-state index in [0.29, 0.717) is 0 Å². The molecule has 100 valence electrons. The fourth-order valence-electron chi connectivity index (χ4n) is 2.48. The maximum atomic E-state index is 4.75. The fourth-order valence-corrected chi connectivity index (χ4v) is 2.48. The minimum atomic E-state index is 0.718. The highest BCUT2D eigenvalue weighted by Crippen LogP contribution is 2.26. The van der Waals surface area contributed by atoms with Gasteiger partial charge in [-0.3, -0.25) is 0 Å². The Hall–Kier alpha value is -1.61. The van der Waals surface area contributed by atoms with E-state index >= 15 is 0 Å². The van der Waals surface area contributed by atoms with Crippen LogP contribution >= 0.6 is 0 Å². The number of rotatable bonds is 4. The van der Waals surface area contributed by atoms with E-state index in [1.165, 1.54) is 29.5 Å². The molecule has 0 atom stereocenters. The van der Waals surface area contributed by atoms with E-state index in [1.54, 1.807) is 0 Å². The molecule has 0 bridgehead atoms. The lowest BCUT2D eigenvalue weighted by Gasteiger charge is -2.05. The molecule has 1 aliphatic carbocycles. The molecule has 19 heavy (non-hydrogen) atoms. The largest absolute Gasteiger partial charge is 0.344 e. The van der Waals surface area contributed by atoms with Gasteiger partial charge in [-0.1, -0.05) is 23.8 Å². The van der Waals surface area contributed by atoms with E-state index in [2.05, 4.69) is 49.3 Å². The lowest BCUT2D eigenvalue weighted by atomic mass is 10.0. The van der Waals surface area contributed by atoms with Gasteiger partial charge in [-0.15, -0.1) is 0 Å². The zero-order chi connectivity index (χ0) is 13.4. The molecule has 2 aromatic rings. The molecule has 1 aliphatic rings. The second-order valence-electron chi connectivity index (χ2n) is 5.63. The summed E-state index contributed by atoms with van der Waals surface area (Å²) < 4.78 is 0. The van der Waals surface area contributed by atoms with Gasteiger partial charge < -0.3 is 10.3 Å². The van der Waals surface area contributed by atoms with Gasteiger partial charge in [0.05, 0.1) is 12.2 Å². The SMILES string of the molecule is Cc1ccc(-c2nc(CNC3CC3)[nH]c2C)c(C)c1. The number of nitrogens with zero attached hydrogens (tertiary/aromatic N) is 1. The molecule has 0 aliphatic heterocycles. The van der Waals surface area contributed by atoms with Crippen LogP contribution in [0.15, 0.2) is 18.2 Å². The topological polar surface area (TPSA) is 40.7 Å². The molecule has 1 fully saturated rings. The third kappa shape index (κ3) is 2.71. The molecule has 0 saturated heterocycles. The predicted molar refractivity (Wildman–Crippen MR) is 78.1 cm³/mol. The van der Waals surface area contributed by atoms with Crippen LogP contribution in [0.25, 0.3) is 11.3 Å². The van der Waals surface area contributed by atoms with Crippen molar-refractivity contribution in [1.82, 2.24) is 15.3 Å². The van der Waals surface area contributed by atoms with Gasteiger partial charge in [-0.05, 0) is 39.2 Å². The van der Waals surface area contributed by atoms with Crippen LogP contribution in [0.3, 0.4) is 0 Å². The molecule has 2 N–H and O–H groups in total. The fraction of sp³-hybridized carbons (Fsp3) is 0.438. The molecule has 1 aromatic carbocycles. The Morgan fingerprint density at radius 1 is 1.26 bits per heavy atom. The number of H-pyrrole nitrogens is 1. The minimum absolute atomic E-state index is 0.718. The van der Waals surface area contributed by atoms with Crippen molar-refractivity contribution in [2.75, 3.05) is 0 Å². The highest BCUT2D eigenvalue weighted by molar-refractivity contribution is 5.66. The van der Waals surface area contributed by atoms with Gasteiger partial charge in [0.1, 0.15) is 5.82 Å². The van der Waals surface area contributed by atoms with Crippen LogP contribution in [0.5, 0.6) is 0 Å². The summed E-state index contributed by atoms with van der Waals surface area (Å²) in [7, 11) is 0. The number of imidazole rings is 1. The second kappa shape index (κ2) is 4.82. The lowest BCUT2D eigenvalue weighted by Crippen LogP contribution is -2.16. The first-order valence-electron chi connectivity index (χ1n) is 7.00. The number of aromatic amines is 1. The van der Waals surface area contributed by atoms with E-state index in [-0.39, 0.29) is 0 Å².